The summed E-state index contributed by atoms with van der Waals surface area (Å²) in [5, 5.41) is 5.67. The number of nitrogens with zero attached hydrogens (tertiary/aromatic N) is 2. The Bertz CT molecular complexity index is 1240. The highest BCUT2D eigenvalue weighted by atomic mass is 16.5. The number of ether oxygens (including phenoxy) is 1. The first-order chi connectivity index (χ1) is 16.6. The summed E-state index contributed by atoms with van der Waals surface area (Å²) in [4.78, 5) is 30.3. The van der Waals surface area contributed by atoms with Gasteiger partial charge in [0.1, 0.15) is 18.5 Å². The zero-order valence-electron chi connectivity index (χ0n) is 19.1. The SMILES string of the molecule is CCn1c(CNC(=O)[C@H](Cc2ccccc2)NC(=O)OCc2ccccc2)nc2ccccc21. The first kappa shape index (κ1) is 23.0. The Hall–Kier alpha value is -4.13. The number of nitrogens with one attached hydrogen (secondary N) is 2. The molecule has 7 nitrogen and oxygen atoms in total. The molecule has 0 unspecified atom stereocenters. The number of benzene rings is 3. The summed E-state index contributed by atoms with van der Waals surface area (Å²) in [6.07, 6.45) is -0.294. The number of hydrogen-bond donors (Lipinski definition) is 2. The highest BCUT2D eigenvalue weighted by molar-refractivity contribution is 5.86. The third-order valence-electron chi connectivity index (χ3n) is 5.57. The van der Waals surface area contributed by atoms with E-state index < -0.39 is 12.1 Å². The lowest BCUT2D eigenvalue weighted by atomic mass is 10.1. The molecule has 0 spiro atoms. The summed E-state index contributed by atoms with van der Waals surface area (Å²) in [7, 11) is 0. The van der Waals surface area contributed by atoms with Gasteiger partial charge in [0.25, 0.3) is 0 Å². The van der Waals surface area contributed by atoms with Crippen LogP contribution in [0.5, 0.6) is 0 Å². The molecule has 0 bridgehead atoms. The lowest BCUT2D eigenvalue weighted by Gasteiger charge is -2.19. The Morgan fingerprint density at radius 3 is 2.26 bits per heavy atom. The van der Waals surface area contributed by atoms with Crippen molar-refractivity contribution in [2.45, 2.75) is 39.1 Å². The summed E-state index contributed by atoms with van der Waals surface area (Å²) in [6, 6.07) is 26.1. The van der Waals surface area contributed by atoms with Gasteiger partial charge < -0.3 is 19.9 Å². The van der Waals surface area contributed by atoms with Crippen molar-refractivity contribution in [3.8, 4) is 0 Å². The number of alkyl carbamates (subject to hydrolysis) is 1. The molecule has 7 heteroatoms. The molecule has 2 N–H and O–H groups in total. The zero-order chi connectivity index (χ0) is 23.8. The van der Waals surface area contributed by atoms with Crippen LogP contribution < -0.4 is 10.6 Å². The number of rotatable bonds is 9. The van der Waals surface area contributed by atoms with Gasteiger partial charge in [-0.15, -0.1) is 0 Å². The molecule has 0 saturated carbocycles. The fourth-order valence-corrected chi connectivity index (χ4v) is 3.87. The molecule has 0 aliphatic carbocycles. The highest BCUT2D eigenvalue weighted by Gasteiger charge is 2.23. The summed E-state index contributed by atoms with van der Waals surface area (Å²) in [6.45, 7) is 3.17. The summed E-state index contributed by atoms with van der Waals surface area (Å²) >= 11 is 0. The van der Waals surface area contributed by atoms with Crippen LogP contribution in [0.3, 0.4) is 0 Å². The smallest absolute Gasteiger partial charge is 0.408 e. The maximum Gasteiger partial charge on any atom is 0.408 e. The molecular formula is C27H28N4O3. The predicted octanol–water partition coefficient (Wildman–Crippen LogP) is 4.21. The van der Waals surface area contributed by atoms with Gasteiger partial charge in [-0.3, -0.25) is 4.79 Å². The van der Waals surface area contributed by atoms with Crippen LogP contribution in [0.15, 0.2) is 84.9 Å². The number of fused-ring (bicyclic) bond motifs is 1. The van der Waals surface area contributed by atoms with Gasteiger partial charge in [-0.1, -0.05) is 72.8 Å². The van der Waals surface area contributed by atoms with Gasteiger partial charge in [-0.25, -0.2) is 9.78 Å². The molecule has 0 aliphatic rings. The molecule has 0 radical (unpaired) electrons. The first-order valence-corrected chi connectivity index (χ1v) is 11.4. The number of hydrogen-bond acceptors (Lipinski definition) is 4. The van der Waals surface area contributed by atoms with Crippen molar-refractivity contribution in [1.29, 1.82) is 0 Å². The number of carbonyl (C=O) groups is 2. The van der Waals surface area contributed by atoms with E-state index >= 15 is 0 Å². The summed E-state index contributed by atoms with van der Waals surface area (Å²) < 4.78 is 7.41. The van der Waals surface area contributed by atoms with Crippen LogP contribution in [-0.2, 0) is 35.6 Å². The van der Waals surface area contributed by atoms with Crippen LogP contribution in [0.2, 0.25) is 0 Å². The Labute approximate surface area is 198 Å². The van der Waals surface area contributed by atoms with E-state index in [4.69, 9.17) is 4.74 Å². The van der Waals surface area contributed by atoms with Crippen molar-refractivity contribution < 1.29 is 14.3 Å². The molecule has 3 aromatic carbocycles. The minimum atomic E-state index is -0.787. The molecule has 1 heterocycles. The number of carbonyl (C=O) groups excluding carboxylic acids is 2. The van der Waals surface area contributed by atoms with Crippen LogP contribution >= 0.6 is 0 Å². The van der Waals surface area contributed by atoms with Crippen molar-refractivity contribution in [1.82, 2.24) is 20.2 Å². The average molecular weight is 457 g/mol. The number of para-hydroxylation sites is 2. The second-order valence-electron chi connectivity index (χ2n) is 7.93. The average Bonchev–Trinajstić information content (AvgIpc) is 3.24. The fourth-order valence-electron chi connectivity index (χ4n) is 3.87. The molecule has 0 saturated heterocycles. The van der Waals surface area contributed by atoms with Gasteiger partial charge in [0.2, 0.25) is 5.91 Å². The highest BCUT2D eigenvalue weighted by Crippen LogP contribution is 2.16. The number of imidazole rings is 1. The molecule has 1 aromatic heterocycles. The van der Waals surface area contributed by atoms with E-state index in [-0.39, 0.29) is 19.1 Å². The van der Waals surface area contributed by atoms with Crippen LogP contribution in [-0.4, -0.2) is 27.6 Å². The Kier molecular flexibility index (Phi) is 7.55. The van der Waals surface area contributed by atoms with Crippen molar-refractivity contribution in [2.75, 3.05) is 0 Å². The molecule has 4 rings (SSSR count). The van der Waals surface area contributed by atoms with Crippen molar-refractivity contribution in [3.05, 3.63) is 102 Å². The van der Waals surface area contributed by atoms with Crippen molar-refractivity contribution in [3.63, 3.8) is 0 Å². The number of amides is 2. The minimum Gasteiger partial charge on any atom is -0.445 e. The summed E-state index contributed by atoms with van der Waals surface area (Å²) in [5.74, 6) is 0.470. The van der Waals surface area contributed by atoms with E-state index in [0.717, 1.165) is 34.5 Å². The second-order valence-corrected chi connectivity index (χ2v) is 7.93. The lowest BCUT2D eigenvalue weighted by molar-refractivity contribution is -0.123. The molecule has 2 amide bonds. The molecule has 0 fully saturated rings. The zero-order valence-corrected chi connectivity index (χ0v) is 19.1. The molecule has 174 valence electrons. The predicted molar refractivity (Wildman–Crippen MR) is 131 cm³/mol. The quantitative estimate of drug-likeness (QED) is 0.395. The van der Waals surface area contributed by atoms with Crippen molar-refractivity contribution in [2.24, 2.45) is 0 Å². The summed E-state index contributed by atoms with van der Waals surface area (Å²) in [5.41, 5.74) is 3.72. The maximum atomic E-state index is 13.1. The first-order valence-electron chi connectivity index (χ1n) is 11.4. The van der Waals surface area contributed by atoms with Crippen LogP contribution in [0, 0.1) is 0 Å². The monoisotopic (exact) mass is 456 g/mol. The van der Waals surface area contributed by atoms with Crippen molar-refractivity contribution >= 4 is 23.0 Å². The minimum absolute atomic E-state index is 0.132. The van der Waals surface area contributed by atoms with E-state index in [9.17, 15) is 9.59 Å². The van der Waals surface area contributed by atoms with E-state index in [1.54, 1.807) is 0 Å². The second kappa shape index (κ2) is 11.1. The third kappa shape index (κ3) is 5.81. The molecule has 0 aliphatic heterocycles. The van der Waals surface area contributed by atoms with Crippen LogP contribution in [0.25, 0.3) is 11.0 Å². The number of aromatic nitrogens is 2. The number of aryl methyl sites for hydroxylation is 1. The molecule has 4 aromatic rings. The van der Waals surface area contributed by atoms with Gasteiger partial charge in [-0.05, 0) is 30.2 Å². The van der Waals surface area contributed by atoms with Gasteiger partial charge in [0.05, 0.1) is 17.6 Å². The molecular weight excluding hydrogens is 428 g/mol. The van der Waals surface area contributed by atoms with Gasteiger partial charge >= 0.3 is 6.09 Å². The van der Waals surface area contributed by atoms with Crippen LogP contribution in [0.4, 0.5) is 4.79 Å². The normalized spacial score (nSPS) is 11.7. The van der Waals surface area contributed by atoms with E-state index in [1.807, 2.05) is 91.9 Å². The van der Waals surface area contributed by atoms with E-state index in [2.05, 4.69) is 20.2 Å². The maximum absolute atomic E-state index is 13.1. The molecule has 1 atom stereocenters. The Morgan fingerprint density at radius 2 is 1.56 bits per heavy atom. The van der Waals surface area contributed by atoms with E-state index in [1.165, 1.54) is 0 Å². The third-order valence-corrected chi connectivity index (χ3v) is 5.57. The van der Waals surface area contributed by atoms with Gasteiger partial charge in [0, 0.05) is 13.0 Å². The lowest BCUT2D eigenvalue weighted by Crippen LogP contribution is -2.48. The standard InChI is InChI=1S/C27H28N4O3/c1-2-31-24-16-10-9-15-22(24)29-25(31)18-28-26(32)23(17-20-11-5-3-6-12-20)30-27(33)34-19-21-13-7-4-8-14-21/h3-16,23H,2,17-19H2,1H3,(H,28,32)(H,30,33)/t23-/m0/s1. The topological polar surface area (TPSA) is 85.2 Å². The van der Waals surface area contributed by atoms with Gasteiger partial charge in [-0.2, -0.15) is 0 Å². The Balaban J connectivity index is 1.43. The fraction of sp³-hybridized carbons (Fsp3) is 0.222. The molecule has 34 heavy (non-hydrogen) atoms. The van der Waals surface area contributed by atoms with Gasteiger partial charge in [0.15, 0.2) is 0 Å². The van der Waals surface area contributed by atoms with E-state index in [0.29, 0.717) is 6.42 Å². The van der Waals surface area contributed by atoms with Crippen LogP contribution in [0.1, 0.15) is 23.9 Å². The Morgan fingerprint density at radius 1 is 0.912 bits per heavy atom. The largest absolute Gasteiger partial charge is 0.445 e.